The zero-order valence-electron chi connectivity index (χ0n) is 13.0. The minimum Gasteiger partial charge on any atom is -0.399 e. The molecule has 5 nitrogen and oxygen atoms in total. The summed E-state index contributed by atoms with van der Waals surface area (Å²) in [5, 5.41) is 0. The molecule has 0 bridgehead atoms. The summed E-state index contributed by atoms with van der Waals surface area (Å²) >= 11 is 0. The van der Waals surface area contributed by atoms with Gasteiger partial charge in [0.2, 0.25) is 10.0 Å². The Morgan fingerprint density at radius 2 is 1.86 bits per heavy atom. The van der Waals surface area contributed by atoms with E-state index in [2.05, 4.69) is 0 Å². The molecule has 0 aromatic heterocycles. The van der Waals surface area contributed by atoms with Crippen molar-refractivity contribution >= 4 is 15.7 Å². The molecule has 0 aliphatic carbocycles. The first kappa shape index (κ1) is 17.9. The Kier molecular flexibility index (Phi) is 6.12. The van der Waals surface area contributed by atoms with E-state index in [1.54, 1.807) is 0 Å². The summed E-state index contributed by atoms with van der Waals surface area (Å²) in [5.74, 6) is -0.660. The Morgan fingerprint density at radius 3 is 2.33 bits per heavy atom. The predicted molar refractivity (Wildman–Crippen MR) is 83.0 cm³/mol. The van der Waals surface area contributed by atoms with E-state index in [0.717, 1.165) is 6.07 Å². The molecule has 0 unspecified atom stereocenters. The lowest BCUT2D eigenvalue weighted by molar-refractivity contribution is 0.312. The largest absolute Gasteiger partial charge is 0.399 e. The van der Waals surface area contributed by atoms with E-state index in [1.165, 1.54) is 16.4 Å². The lowest BCUT2D eigenvalue weighted by Gasteiger charge is -2.25. The van der Waals surface area contributed by atoms with Crippen LogP contribution in [0.15, 0.2) is 23.1 Å². The molecule has 0 radical (unpaired) electrons. The van der Waals surface area contributed by atoms with Crippen LogP contribution in [0.4, 0.5) is 10.1 Å². The van der Waals surface area contributed by atoms with Gasteiger partial charge in [0.25, 0.3) is 0 Å². The molecule has 1 aromatic rings. The minimum atomic E-state index is -3.86. The topological polar surface area (TPSA) is 66.6 Å². The molecule has 0 saturated carbocycles. The van der Waals surface area contributed by atoms with Crippen molar-refractivity contribution in [3.8, 4) is 0 Å². The summed E-state index contributed by atoms with van der Waals surface area (Å²) in [4.78, 5) is 1.57. The Bertz CT molecular complexity index is 574. The van der Waals surface area contributed by atoms with Gasteiger partial charge in [-0.1, -0.05) is 13.8 Å². The number of rotatable bonds is 7. The highest BCUT2D eigenvalue weighted by Crippen LogP contribution is 2.22. The third-order valence-electron chi connectivity index (χ3n) is 2.94. The monoisotopic (exact) mass is 317 g/mol. The molecule has 0 amide bonds. The summed E-state index contributed by atoms with van der Waals surface area (Å²) in [6, 6.07) is 3.66. The molecule has 2 N–H and O–H groups in total. The second-order valence-corrected chi connectivity index (χ2v) is 7.66. The SMILES string of the molecule is CC(C)CN(CCN(C)C)S(=O)(=O)c1ccc(N)cc1F. The lowest BCUT2D eigenvalue weighted by Crippen LogP contribution is -2.39. The van der Waals surface area contributed by atoms with Crippen molar-refractivity contribution in [3.63, 3.8) is 0 Å². The highest BCUT2D eigenvalue weighted by atomic mass is 32.2. The minimum absolute atomic E-state index is 0.152. The second-order valence-electron chi connectivity index (χ2n) is 5.75. The fraction of sp³-hybridized carbons (Fsp3) is 0.571. The number of sulfonamides is 1. The van der Waals surface area contributed by atoms with E-state index >= 15 is 0 Å². The second kappa shape index (κ2) is 7.20. The number of anilines is 1. The van der Waals surface area contributed by atoms with E-state index in [9.17, 15) is 12.8 Å². The highest BCUT2D eigenvalue weighted by molar-refractivity contribution is 7.89. The summed E-state index contributed by atoms with van der Waals surface area (Å²) in [7, 11) is -0.133. The van der Waals surface area contributed by atoms with Crippen LogP contribution in [-0.2, 0) is 10.0 Å². The van der Waals surface area contributed by atoms with Crippen LogP contribution >= 0.6 is 0 Å². The number of hydrogen-bond acceptors (Lipinski definition) is 4. The number of benzene rings is 1. The molecule has 0 saturated heterocycles. The molecular weight excluding hydrogens is 293 g/mol. The number of likely N-dealkylation sites (N-methyl/N-ethyl adjacent to an activating group) is 1. The zero-order chi connectivity index (χ0) is 16.2. The summed E-state index contributed by atoms with van der Waals surface area (Å²) in [6.45, 7) is 5.09. The smallest absolute Gasteiger partial charge is 0.246 e. The van der Waals surface area contributed by atoms with Gasteiger partial charge in [-0.2, -0.15) is 4.31 Å². The van der Waals surface area contributed by atoms with E-state index in [4.69, 9.17) is 5.73 Å². The average Bonchev–Trinajstić information content (AvgIpc) is 2.33. The summed E-state index contributed by atoms with van der Waals surface area (Å²) in [6.07, 6.45) is 0. The standard InChI is InChI=1S/C14H24FN3O2S/c1-11(2)10-18(8-7-17(3)4)21(19,20)14-6-5-12(16)9-13(14)15/h5-6,9,11H,7-8,10,16H2,1-4H3. The molecule has 0 aliphatic heterocycles. The van der Waals surface area contributed by atoms with Gasteiger partial charge in [-0.05, 0) is 38.2 Å². The third kappa shape index (κ3) is 4.94. The van der Waals surface area contributed by atoms with Gasteiger partial charge in [-0.25, -0.2) is 12.8 Å². The molecule has 7 heteroatoms. The van der Waals surface area contributed by atoms with E-state index in [0.29, 0.717) is 19.6 Å². The molecule has 1 rings (SSSR count). The average molecular weight is 317 g/mol. The fourth-order valence-electron chi connectivity index (χ4n) is 1.89. The van der Waals surface area contributed by atoms with Crippen molar-refractivity contribution in [3.05, 3.63) is 24.0 Å². The van der Waals surface area contributed by atoms with Crippen LogP contribution in [0.5, 0.6) is 0 Å². The maximum atomic E-state index is 13.9. The van der Waals surface area contributed by atoms with E-state index < -0.39 is 15.8 Å². The molecule has 120 valence electrons. The van der Waals surface area contributed by atoms with Gasteiger partial charge in [0.15, 0.2) is 0 Å². The maximum Gasteiger partial charge on any atom is 0.246 e. The fourth-order valence-corrected chi connectivity index (χ4v) is 3.53. The van der Waals surface area contributed by atoms with Gasteiger partial charge in [0.05, 0.1) is 0 Å². The molecule has 0 aliphatic rings. The van der Waals surface area contributed by atoms with Crippen molar-refractivity contribution in [1.82, 2.24) is 9.21 Å². The number of halogens is 1. The van der Waals surface area contributed by atoms with Crippen molar-refractivity contribution in [2.75, 3.05) is 39.5 Å². The van der Waals surface area contributed by atoms with E-state index in [1.807, 2.05) is 32.8 Å². The first-order valence-corrected chi connectivity index (χ1v) is 8.28. The number of nitrogens with two attached hydrogens (primary N) is 1. The molecule has 0 heterocycles. The molecule has 21 heavy (non-hydrogen) atoms. The van der Waals surface area contributed by atoms with Gasteiger partial charge in [0.1, 0.15) is 10.7 Å². The third-order valence-corrected chi connectivity index (χ3v) is 4.84. The van der Waals surface area contributed by atoms with E-state index in [-0.39, 0.29) is 16.5 Å². The van der Waals surface area contributed by atoms with Crippen LogP contribution in [0, 0.1) is 11.7 Å². The Hall–Kier alpha value is -1.18. The molecule has 0 atom stereocenters. The van der Waals surface area contributed by atoms with Crippen molar-refractivity contribution in [2.24, 2.45) is 5.92 Å². The molecule has 1 aromatic carbocycles. The van der Waals surface area contributed by atoms with Crippen molar-refractivity contribution in [1.29, 1.82) is 0 Å². The van der Waals surface area contributed by atoms with Gasteiger partial charge >= 0.3 is 0 Å². The van der Waals surface area contributed by atoms with Gasteiger partial charge in [0, 0.05) is 25.3 Å². The first-order valence-electron chi connectivity index (χ1n) is 6.84. The first-order chi connectivity index (χ1) is 9.64. The van der Waals surface area contributed by atoms with Crippen LogP contribution in [0.2, 0.25) is 0 Å². The molecule has 0 fully saturated rings. The lowest BCUT2D eigenvalue weighted by atomic mass is 10.2. The molecular formula is C14H24FN3O2S. The Labute approximate surface area is 126 Å². The Balaban J connectivity index is 3.13. The van der Waals surface area contributed by atoms with Gasteiger partial charge in [-0.3, -0.25) is 0 Å². The van der Waals surface area contributed by atoms with Crippen molar-refractivity contribution in [2.45, 2.75) is 18.7 Å². The van der Waals surface area contributed by atoms with Gasteiger partial charge in [-0.15, -0.1) is 0 Å². The van der Waals surface area contributed by atoms with Crippen LogP contribution in [0.1, 0.15) is 13.8 Å². The van der Waals surface area contributed by atoms with Gasteiger partial charge < -0.3 is 10.6 Å². The summed E-state index contributed by atoms with van der Waals surface area (Å²) < 4.78 is 40.6. The van der Waals surface area contributed by atoms with Crippen LogP contribution in [-0.4, -0.2) is 51.4 Å². The normalized spacial score (nSPS) is 12.6. The van der Waals surface area contributed by atoms with Crippen LogP contribution < -0.4 is 5.73 Å². The molecule has 0 spiro atoms. The Morgan fingerprint density at radius 1 is 1.24 bits per heavy atom. The number of nitrogens with zero attached hydrogens (tertiary/aromatic N) is 2. The predicted octanol–water partition coefficient (Wildman–Crippen LogP) is 1.62. The zero-order valence-corrected chi connectivity index (χ0v) is 13.8. The van der Waals surface area contributed by atoms with Crippen molar-refractivity contribution < 1.29 is 12.8 Å². The maximum absolute atomic E-state index is 13.9. The number of hydrogen-bond donors (Lipinski definition) is 1. The highest BCUT2D eigenvalue weighted by Gasteiger charge is 2.27. The quantitative estimate of drug-likeness (QED) is 0.776. The van der Waals surface area contributed by atoms with Crippen LogP contribution in [0.25, 0.3) is 0 Å². The number of nitrogen functional groups attached to an aromatic ring is 1. The summed E-state index contributed by atoms with van der Waals surface area (Å²) in [5.41, 5.74) is 5.67. The van der Waals surface area contributed by atoms with Crippen LogP contribution in [0.3, 0.4) is 0 Å².